The lowest BCUT2D eigenvalue weighted by Crippen LogP contribution is -2.49. The van der Waals surface area contributed by atoms with Crippen molar-refractivity contribution in [3.05, 3.63) is 35.9 Å². The van der Waals surface area contributed by atoms with Crippen molar-refractivity contribution in [3.8, 4) is 0 Å². The van der Waals surface area contributed by atoms with Crippen LogP contribution >= 0.6 is 0 Å². The molecule has 5 nitrogen and oxygen atoms in total. The highest BCUT2D eigenvalue weighted by atomic mass is 16.5. The Hall–Kier alpha value is -1.43. The van der Waals surface area contributed by atoms with Gasteiger partial charge in [0, 0.05) is 32.7 Å². The van der Waals surface area contributed by atoms with E-state index in [-0.39, 0.29) is 12.0 Å². The molecule has 0 aromatic heterocycles. The third-order valence-corrected chi connectivity index (χ3v) is 4.11. The molecule has 1 aliphatic rings. The fourth-order valence-corrected chi connectivity index (χ4v) is 2.75. The molecule has 1 aliphatic heterocycles. The average molecular weight is 320 g/mol. The van der Waals surface area contributed by atoms with Crippen LogP contribution in [0.2, 0.25) is 0 Å². The van der Waals surface area contributed by atoms with Gasteiger partial charge in [0.05, 0.1) is 25.2 Å². The zero-order valence-corrected chi connectivity index (χ0v) is 14.1. The van der Waals surface area contributed by atoms with Crippen LogP contribution in [0.5, 0.6) is 0 Å². The van der Waals surface area contributed by atoms with E-state index in [1.807, 2.05) is 49.1 Å². The predicted molar refractivity (Wildman–Crippen MR) is 90.1 cm³/mol. The van der Waals surface area contributed by atoms with Gasteiger partial charge in [-0.05, 0) is 19.4 Å². The van der Waals surface area contributed by atoms with Crippen molar-refractivity contribution in [2.45, 2.75) is 32.5 Å². The van der Waals surface area contributed by atoms with E-state index in [4.69, 9.17) is 4.74 Å². The van der Waals surface area contributed by atoms with E-state index in [0.29, 0.717) is 19.6 Å². The average Bonchev–Trinajstić information content (AvgIpc) is 2.56. The Balaban J connectivity index is 1.70. The molecule has 1 heterocycles. The van der Waals surface area contributed by atoms with E-state index < -0.39 is 6.10 Å². The van der Waals surface area contributed by atoms with E-state index in [9.17, 15) is 9.90 Å². The third-order valence-electron chi connectivity index (χ3n) is 4.11. The molecular weight excluding hydrogens is 292 g/mol. The van der Waals surface area contributed by atoms with Gasteiger partial charge in [0.25, 0.3) is 0 Å². The summed E-state index contributed by atoms with van der Waals surface area (Å²) in [6, 6.07) is 9.71. The first-order valence-electron chi connectivity index (χ1n) is 8.41. The van der Waals surface area contributed by atoms with Crippen molar-refractivity contribution in [1.82, 2.24) is 9.80 Å². The molecule has 5 heteroatoms. The summed E-state index contributed by atoms with van der Waals surface area (Å²) in [5.74, 6) is 0.161. The first-order valence-corrected chi connectivity index (χ1v) is 8.41. The van der Waals surface area contributed by atoms with Crippen LogP contribution in [0.3, 0.4) is 0 Å². The van der Waals surface area contributed by atoms with Gasteiger partial charge in [0.1, 0.15) is 0 Å². The summed E-state index contributed by atoms with van der Waals surface area (Å²) in [7, 11) is 0. The van der Waals surface area contributed by atoms with Gasteiger partial charge in [0.2, 0.25) is 5.91 Å². The van der Waals surface area contributed by atoms with Crippen LogP contribution in [0.25, 0.3) is 0 Å². The van der Waals surface area contributed by atoms with E-state index in [1.165, 1.54) is 0 Å². The van der Waals surface area contributed by atoms with Crippen LogP contribution in [-0.2, 0) is 9.53 Å². The number of carbonyl (C=O) groups is 1. The molecule has 1 amide bonds. The second-order valence-electron chi connectivity index (χ2n) is 6.28. The number of piperazine rings is 1. The van der Waals surface area contributed by atoms with E-state index >= 15 is 0 Å². The number of rotatable bonds is 7. The van der Waals surface area contributed by atoms with Crippen LogP contribution < -0.4 is 0 Å². The maximum absolute atomic E-state index is 12.1. The van der Waals surface area contributed by atoms with Crippen LogP contribution in [0.4, 0.5) is 0 Å². The molecule has 0 bridgehead atoms. The highest BCUT2D eigenvalue weighted by molar-refractivity contribution is 5.76. The number of aliphatic hydroxyl groups excluding tert-OH is 1. The van der Waals surface area contributed by atoms with Crippen molar-refractivity contribution in [1.29, 1.82) is 0 Å². The Morgan fingerprint density at radius 2 is 1.83 bits per heavy atom. The van der Waals surface area contributed by atoms with Crippen LogP contribution in [-0.4, -0.2) is 66.2 Å². The van der Waals surface area contributed by atoms with Gasteiger partial charge in [-0.25, -0.2) is 0 Å². The van der Waals surface area contributed by atoms with Crippen LogP contribution in [0.15, 0.2) is 30.3 Å². The minimum atomic E-state index is -0.474. The number of ether oxygens (including phenoxy) is 1. The molecular formula is C18H28N2O3. The fraction of sp³-hybridized carbons (Fsp3) is 0.611. The Kier molecular flexibility index (Phi) is 7.02. The van der Waals surface area contributed by atoms with Gasteiger partial charge in [-0.3, -0.25) is 9.69 Å². The lowest BCUT2D eigenvalue weighted by molar-refractivity contribution is -0.134. The molecule has 0 aliphatic carbocycles. The molecule has 23 heavy (non-hydrogen) atoms. The Morgan fingerprint density at radius 3 is 2.43 bits per heavy atom. The van der Waals surface area contributed by atoms with Gasteiger partial charge in [0.15, 0.2) is 0 Å². The molecule has 1 N–H and O–H groups in total. The molecule has 1 aromatic carbocycles. The molecule has 1 atom stereocenters. The number of aliphatic hydroxyl groups is 1. The highest BCUT2D eigenvalue weighted by Gasteiger charge is 2.22. The van der Waals surface area contributed by atoms with Crippen molar-refractivity contribution < 1.29 is 14.6 Å². The van der Waals surface area contributed by atoms with Crippen molar-refractivity contribution in [3.63, 3.8) is 0 Å². The summed E-state index contributed by atoms with van der Waals surface area (Å²) in [6.07, 6.45) is 0.141. The number of hydrogen-bond acceptors (Lipinski definition) is 4. The summed E-state index contributed by atoms with van der Waals surface area (Å²) in [6.45, 7) is 8.11. The molecule has 1 fully saturated rings. The van der Waals surface area contributed by atoms with Crippen molar-refractivity contribution in [2.24, 2.45) is 0 Å². The summed E-state index contributed by atoms with van der Waals surface area (Å²) < 4.78 is 5.44. The molecule has 1 aromatic rings. The second kappa shape index (κ2) is 9.01. The molecule has 0 saturated carbocycles. The van der Waals surface area contributed by atoms with Gasteiger partial charge in [-0.1, -0.05) is 30.3 Å². The number of nitrogens with zero attached hydrogens (tertiary/aromatic N) is 2. The van der Waals surface area contributed by atoms with Gasteiger partial charge >= 0.3 is 0 Å². The smallest absolute Gasteiger partial charge is 0.224 e. The molecule has 1 unspecified atom stereocenters. The van der Waals surface area contributed by atoms with E-state index in [0.717, 1.165) is 31.7 Å². The minimum Gasteiger partial charge on any atom is -0.387 e. The van der Waals surface area contributed by atoms with Crippen molar-refractivity contribution >= 4 is 5.91 Å². The molecule has 1 saturated heterocycles. The third kappa shape index (κ3) is 5.94. The summed E-state index contributed by atoms with van der Waals surface area (Å²) in [4.78, 5) is 16.2. The number of hydrogen-bond donors (Lipinski definition) is 1. The lowest BCUT2D eigenvalue weighted by atomic mass is 10.1. The maximum atomic E-state index is 12.1. The van der Waals surface area contributed by atoms with Gasteiger partial charge in [-0.2, -0.15) is 0 Å². The fourth-order valence-electron chi connectivity index (χ4n) is 2.75. The highest BCUT2D eigenvalue weighted by Crippen LogP contribution is 2.15. The largest absolute Gasteiger partial charge is 0.387 e. The SMILES string of the molecule is CC(C)OCCC(=O)N1CCN(CC(O)c2ccccc2)CC1. The summed E-state index contributed by atoms with van der Waals surface area (Å²) in [5, 5.41) is 10.3. The molecule has 0 spiro atoms. The van der Waals surface area contributed by atoms with Gasteiger partial charge in [-0.15, -0.1) is 0 Å². The normalized spacial score (nSPS) is 17.5. The number of carbonyl (C=O) groups excluding carboxylic acids is 1. The second-order valence-corrected chi connectivity index (χ2v) is 6.28. The topological polar surface area (TPSA) is 53.0 Å². The molecule has 128 valence electrons. The maximum Gasteiger partial charge on any atom is 0.224 e. The van der Waals surface area contributed by atoms with Crippen LogP contribution in [0.1, 0.15) is 31.9 Å². The Bertz CT molecular complexity index is 470. The standard InChI is InChI=1S/C18H28N2O3/c1-15(2)23-13-8-18(22)20-11-9-19(10-12-20)14-17(21)16-6-4-3-5-7-16/h3-7,15,17,21H,8-14H2,1-2H3. The van der Waals surface area contributed by atoms with Gasteiger partial charge < -0.3 is 14.7 Å². The Morgan fingerprint density at radius 1 is 1.17 bits per heavy atom. The number of β-amino-alcohol motifs (C(OH)–C–C–N with tert-alkyl or cyclic N) is 1. The predicted octanol–water partition coefficient (Wildman–Crippen LogP) is 1.68. The monoisotopic (exact) mass is 320 g/mol. The zero-order chi connectivity index (χ0) is 16.7. The summed E-state index contributed by atoms with van der Waals surface area (Å²) in [5.41, 5.74) is 0.942. The quantitative estimate of drug-likeness (QED) is 0.830. The van der Waals surface area contributed by atoms with Crippen LogP contribution in [0, 0.1) is 0 Å². The molecule has 2 rings (SSSR count). The van der Waals surface area contributed by atoms with E-state index in [1.54, 1.807) is 0 Å². The minimum absolute atomic E-state index is 0.161. The number of benzene rings is 1. The van der Waals surface area contributed by atoms with Crippen molar-refractivity contribution in [2.75, 3.05) is 39.3 Å². The molecule has 0 radical (unpaired) electrons. The number of amides is 1. The lowest BCUT2D eigenvalue weighted by Gasteiger charge is -2.35. The zero-order valence-electron chi connectivity index (χ0n) is 14.1. The van der Waals surface area contributed by atoms with E-state index in [2.05, 4.69) is 4.90 Å². The Labute approximate surface area is 138 Å². The summed E-state index contributed by atoms with van der Waals surface area (Å²) >= 11 is 0. The first kappa shape index (κ1) is 17.9. The first-order chi connectivity index (χ1) is 11.1.